The van der Waals surface area contributed by atoms with Crippen molar-refractivity contribution in [1.82, 2.24) is 0 Å². The molecule has 2 aromatic rings. The van der Waals surface area contributed by atoms with E-state index in [1.165, 1.54) is 18.2 Å². The second-order valence-corrected chi connectivity index (χ2v) is 6.11. The van der Waals surface area contributed by atoms with E-state index in [1.54, 1.807) is 24.3 Å². The molecule has 2 aromatic carbocycles. The van der Waals surface area contributed by atoms with Gasteiger partial charge in [-0.25, -0.2) is 4.90 Å². The monoisotopic (exact) mass is 367 g/mol. The predicted molar refractivity (Wildman–Crippen MR) is 90.0 cm³/mol. The highest BCUT2D eigenvalue weighted by atomic mass is 35.5. The molecule has 0 aromatic heterocycles. The van der Waals surface area contributed by atoms with Crippen molar-refractivity contribution in [2.24, 2.45) is 0 Å². The fourth-order valence-electron chi connectivity index (χ4n) is 2.30. The van der Waals surface area contributed by atoms with Crippen LogP contribution in [0.25, 0.3) is 5.57 Å². The standard InChI is InChI=1S/C16H8Cl3NO3/c17-9-3-1-8(2-4-9)13-14(21)16(23)20(15(13)22)12-6-10(18)5-11(19)7-12/h1-7,21H. The van der Waals surface area contributed by atoms with Crippen LogP contribution in [0.2, 0.25) is 15.1 Å². The van der Waals surface area contributed by atoms with Gasteiger partial charge in [-0.05, 0) is 35.9 Å². The van der Waals surface area contributed by atoms with Gasteiger partial charge in [0.25, 0.3) is 5.91 Å². The molecule has 1 heterocycles. The molecule has 0 bridgehead atoms. The van der Waals surface area contributed by atoms with Gasteiger partial charge in [0.05, 0.1) is 11.3 Å². The molecular weight excluding hydrogens is 361 g/mol. The lowest BCUT2D eigenvalue weighted by molar-refractivity contribution is -0.121. The Kier molecular flexibility index (Phi) is 4.06. The van der Waals surface area contributed by atoms with Crippen molar-refractivity contribution >= 4 is 57.9 Å². The Hall–Kier alpha value is -2.01. The van der Waals surface area contributed by atoms with Crippen LogP contribution in [0.4, 0.5) is 5.69 Å². The topological polar surface area (TPSA) is 57.6 Å². The van der Waals surface area contributed by atoms with Gasteiger partial charge in [-0.15, -0.1) is 0 Å². The SMILES string of the molecule is O=C1C(O)=C(c2ccc(Cl)cc2)C(=O)N1c1cc(Cl)cc(Cl)c1. The zero-order valence-corrected chi connectivity index (χ0v) is 13.7. The van der Waals surface area contributed by atoms with Gasteiger partial charge in [0.1, 0.15) is 0 Å². The highest BCUT2D eigenvalue weighted by Crippen LogP contribution is 2.34. The summed E-state index contributed by atoms with van der Waals surface area (Å²) in [6, 6.07) is 10.5. The number of nitrogens with zero attached hydrogens (tertiary/aromatic N) is 1. The predicted octanol–water partition coefficient (Wildman–Crippen LogP) is 4.49. The first-order valence-electron chi connectivity index (χ1n) is 6.42. The van der Waals surface area contributed by atoms with E-state index in [9.17, 15) is 14.7 Å². The first kappa shape index (κ1) is 15.9. The molecule has 1 N–H and O–H groups in total. The van der Waals surface area contributed by atoms with Gasteiger partial charge in [0.2, 0.25) is 0 Å². The number of rotatable bonds is 2. The number of hydrogen-bond acceptors (Lipinski definition) is 3. The van der Waals surface area contributed by atoms with Crippen molar-refractivity contribution in [2.75, 3.05) is 4.90 Å². The van der Waals surface area contributed by atoms with Gasteiger partial charge in [-0.1, -0.05) is 46.9 Å². The quantitative estimate of drug-likeness (QED) is 0.795. The van der Waals surface area contributed by atoms with E-state index in [0.717, 1.165) is 4.90 Å². The lowest BCUT2D eigenvalue weighted by atomic mass is 10.1. The Balaban J connectivity index is 2.07. The van der Waals surface area contributed by atoms with Gasteiger partial charge < -0.3 is 5.11 Å². The molecule has 3 rings (SSSR count). The number of aliphatic hydroxyl groups is 1. The van der Waals surface area contributed by atoms with Crippen molar-refractivity contribution in [1.29, 1.82) is 0 Å². The number of carbonyl (C=O) groups is 2. The summed E-state index contributed by atoms with van der Waals surface area (Å²) in [6.45, 7) is 0. The average molecular weight is 369 g/mol. The van der Waals surface area contributed by atoms with Crippen LogP contribution in [-0.4, -0.2) is 16.9 Å². The van der Waals surface area contributed by atoms with Crippen molar-refractivity contribution in [3.8, 4) is 0 Å². The van der Waals surface area contributed by atoms with Gasteiger partial charge in [0.15, 0.2) is 5.76 Å². The molecule has 1 aliphatic rings. The van der Waals surface area contributed by atoms with Crippen LogP contribution in [0.5, 0.6) is 0 Å². The number of imide groups is 1. The Bertz CT molecular complexity index is 839. The molecule has 7 heteroatoms. The number of amides is 2. The molecule has 0 fully saturated rings. The van der Waals surface area contributed by atoms with Crippen molar-refractivity contribution in [3.63, 3.8) is 0 Å². The number of aliphatic hydroxyl groups excluding tert-OH is 1. The molecule has 0 saturated heterocycles. The molecular formula is C16H8Cl3NO3. The maximum absolute atomic E-state index is 12.6. The van der Waals surface area contributed by atoms with Gasteiger partial charge in [-0.3, -0.25) is 9.59 Å². The summed E-state index contributed by atoms with van der Waals surface area (Å²) in [5.74, 6) is -2.13. The second kappa shape index (κ2) is 5.89. The second-order valence-electron chi connectivity index (χ2n) is 4.80. The molecule has 2 amide bonds. The Morgan fingerprint density at radius 1 is 0.783 bits per heavy atom. The third kappa shape index (κ3) is 2.81. The van der Waals surface area contributed by atoms with E-state index in [1.807, 2.05) is 0 Å². The fraction of sp³-hybridized carbons (Fsp3) is 0. The first-order valence-corrected chi connectivity index (χ1v) is 7.56. The van der Waals surface area contributed by atoms with Crippen molar-refractivity contribution in [2.45, 2.75) is 0 Å². The number of halogens is 3. The van der Waals surface area contributed by atoms with Gasteiger partial charge in [0, 0.05) is 15.1 Å². The number of hydrogen-bond donors (Lipinski definition) is 1. The van der Waals surface area contributed by atoms with Crippen LogP contribution in [0.15, 0.2) is 48.2 Å². The maximum atomic E-state index is 12.6. The van der Waals surface area contributed by atoms with E-state index >= 15 is 0 Å². The molecule has 4 nitrogen and oxygen atoms in total. The Morgan fingerprint density at radius 2 is 1.35 bits per heavy atom. The Morgan fingerprint density at radius 3 is 1.91 bits per heavy atom. The van der Waals surface area contributed by atoms with E-state index in [-0.39, 0.29) is 21.3 Å². The number of anilines is 1. The summed E-state index contributed by atoms with van der Waals surface area (Å²) in [5, 5.41) is 11.1. The van der Waals surface area contributed by atoms with Crippen LogP contribution < -0.4 is 4.90 Å². The fourth-order valence-corrected chi connectivity index (χ4v) is 2.94. The van der Waals surface area contributed by atoms with Crippen LogP contribution in [0.3, 0.4) is 0 Å². The highest BCUT2D eigenvalue weighted by Gasteiger charge is 2.40. The van der Waals surface area contributed by atoms with Crippen LogP contribution in [0.1, 0.15) is 5.56 Å². The highest BCUT2D eigenvalue weighted by molar-refractivity contribution is 6.45. The minimum Gasteiger partial charge on any atom is -0.502 e. The summed E-state index contributed by atoms with van der Waals surface area (Å²) in [4.78, 5) is 25.7. The van der Waals surface area contributed by atoms with E-state index in [0.29, 0.717) is 10.6 Å². The van der Waals surface area contributed by atoms with Crippen LogP contribution in [0, 0.1) is 0 Å². The third-order valence-corrected chi connectivity index (χ3v) is 3.99. The molecule has 0 aliphatic carbocycles. The summed E-state index contributed by atoms with van der Waals surface area (Å²) < 4.78 is 0. The van der Waals surface area contributed by atoms with E-state index in [4.69, 9.17) is 34.8 Å². The smallest absolute Gasteiger partial charge is 0.301 e. The number of benzene rings is 2. The van der Waals surface area contributed by atoms with Gasteiger partial charge >= 0.3 is 5.91 Å². The normalized spacial score (nSPS) is 14.8. The largest absolute Gasteiger partial charge is 0.502 e. The zero-order chi connectivity index (χ0) is 16.7. The third-order valence-electron chi connectivity index (χ3n) is 3.30. The molecule has 116 valence electrons. The zero-order valence-electron chi connectivity index (χ0n) is 11.4. The molecule has 23 heavy (non-hydrogen) atoms. The summed E-state index contributed by atoms with van der Waals surface area (Å²) in [6.07, 6.45) is 0. The molecule has 0 radical (unpaired) electrons. The lowest BCUT2D eigenvalue weighted by Gasteiger charge is -2.15. The Labute approximate surface area is 146 Å². The van der Waals surface area contributed by atoms with E-state index < -0.39 is 17.6 Å². The first-order chi connectivity index (χ1) is 10.9. The minimum absolute atomic E-state index is 0.0947. The maximum Gasteiger partial charge on any atom is 0.301 e. The van der Waals surface area contributed by atoms with Gasteiger partial charge in [-0.2, -0.15) is 0 Å². The summed E-state index contributed by atoms with van der Waals surface area (Å²) >= 11 is 17.6. The molecule has 0 saturated carbocycles. The van der Waals surface area contributed by atoms with Crippen molar-refractivity contribution in [3.05, 3.63) is 68.9 Å². The minimum atomic E-state index is -0.835. The summed E-state index contributed by atoms with van der Waals surface area (Å²) in [5.41, 5.74) is 0.483. The van der Waals surface area contributed by atoms with Crippen LogP contribution in [-0.2, 0) is 9.59 Å². The molecule has 1 aliphatic heterocycles. The molecule has 0 spiro atoms. The van der Waals surface area contributed by atoms with Crippen LogP contribution >= 0.6 is 34.8 Å². The lowest BCUT2D eigenvalue weighted by Crippen LogP contribution is -2.31. The average Bonchev–Trinajstić information content (AvgIpc) is 2.69. The van der Waals surface area contributed by atoms with E-state index in [2.05, 4.69) is 0 Å². The molecule has 0 unspecified atom stereocenters. The summed E-state index contributed by atoms with van der Waals surface area (Å²) in [7, 11) is 0. The molecule has 0 atom stereocenters. The number of carbonyl (C=O) groups excluding carboxylic acids is 2. The van der Waals surface area contributed by atoms with Crippen molar-refractivity contribution < 1.29 is 14.7 Å².